The number of nitrogens with zero attached hydrogens (tertiary/aromatic N) is 2. The van der Waals surface area contributed by atoms with Crippen LogP contribution in [0.4, 0.5) is 5.82 Å². The van der Waals surface area contributed by atoms with E-state index >= 15 is 0 Å². The number of hydrogen-bond acceptors (Lipinski definition) is 3. The fourth-order valence-corrected chi connectivity index (χ4v) is 1.80. The molecule has 1 saturated heterocycles. The molecular formula is C10H13ClN2O. The number of methoxy groups -OCH3 is 1. The summed E-state index contributed by atoms with van der Waals surface area (Å²) in [5, 5.41) is 0.677. The van der Waals surface area contributed by atoms with Crippen molar-refractivity contribution in [1.29, 1.82) is 0 Å². The second-order valence-electron chi connectivity index (χ2n) is 3.43. The van der Waals surface area contributed by atoms with Crippen LogP contribution in [0.3, 0.4) is 0 Å². The van der Waals surface area contributed by atoms with E-state index in [2.05, 4.69) is 9.88 Å². The summed E-state index contributed by atoms with van der Waals surface area (Å²) < 4.78 is 5.29. The normalized spacial score (nSPS) is 21.6. The largest absolute Gasteiger partial charge is 0.380 e. The Morgan fingerprint density at radius 1 is 1.57 bits per heavy atom. The first-order valence-corrected chi connectivity index (χ1v) is 5.06. The lowest BCUT2D eigenvalue weighted by Crippen LogP contribution is -2.22. The smallest absolute Gasteiger partial charge is 0.128 e. The van der Waals surface area contributed by atoms with Crippen LogP contribution in [0, 0.1) is 0 Å². The van der Waals surface area contributed by atoms with Gasteiger partial charge in [-0.2, -0.15) is 0 Å². The molecule has 1 fully saturated rings. The minimum atomic E-state index is 0.340. The number of halogens is 1. The topological polar surface area (TPSA) is 25.4 Å². The Morgan fingerprint density at radius 2 is 2.43 bits per heavy atom. The molecule has 0 bridgehead atoms. The first-order valence-electron chi connectivity index (χ1n) is 4.69. The summed E-state index contributed by atoms with van der Waals surface area (Å²) in [5.74, 6) is 0.981. The number of ether oxygens (including phenoxy) is 1. The van der Waals surface area contributed by atoms with E-state index in [4.69, 9.17) is 16.3 Å². The fourth-order valence-electron chi connectivity index (χ4n) is 1.68. The molecular weight excluding hydrogens is 200 g/mol. The SMILES string of the molecule is COC1CCN(c2ccc(Cl)cn2)C1. The van der Waals surface area contributed by atoms with Gasteiger partial charge in [0.1, 0.15) is 5.82 Å². The molecule has 1 aliphatic rings. The van der Waals surface area contributed by atoms with Crippen molar-refractivity contribution in [2.75, 3.05) is 25.1 Å². The molecule has 2 heterocycles. The molecule has 14 heavy (non-hydrogen) atoms. The molecule has 3 nitrogen and oxygen atoms in total. The van der Waals surface area contributed by atoms with Gasteiger partial charge in [-0.1, -0.05) is 11.6 Å². The van der Waals surface area contributed by atoms with E-state index in [1.54, 1.807) is 13.3 Å². The average molecular weight is 213 g/mol. The zero-order valence-corrected chi connectivity index (χ0v) is 8.87. The van der Waals surface area contributed by atoms with E-state index in [0.29, 0.717) is 11.1 Å². The Bertz CT molecular complexity index is 301. The molecule has 0 N–H and O–H groups in total. The Hall–Kier alpha value is -0.800. The Kier molecular flexibility index (Phi) is 2.89. The maximum absolute atomic E-state index is 5.77. The molecule has 0 saturated carbocycles. The number of rotatable bonds is 2. The van der Waals surface area contributed by atoms with Gasteiger partial charge in [-0.25, -0.2) is 4.98 Å². The van der Waals surface area contributed by atoms with E-state index in [1.807, 2.05) is 12.1 Å². The van der Waals surface area contributed by atoms with Crippen LogP contribution in [0.2, 0.25) is 5.02 Å². The maximum atomic E-state index is 5.77. The van der Waals surface area contributed by atoms with Crippen LogP contribution < -0.4 is 4.90 Å². The minimum absolute atomic E-state index is 0.340. The number of hydrogen-bond donors (Lipinski definition) is 0. The Labute approximate surface area is 88.6 Å². The molecule has 0 spiro atoms. The number of pyridine rings is 1. The molecule has 1 atom stereocenters. The van der Waals surface area contributed by atoms with Crippen molar-refractivity contribution in [3.8, 4) is 0 Å². The zero-order valence-electron chi connectivity index (χ0n) is 8.11. The number of anilines is 1. The fraction of sp³-hybridized carbons (Fsp3) is 0.500. The lowest BCUT2D eigenvalue weighted by Gasteiger charge is -2.16. The summed E-state index contributed by atoms with van der Waals surface area (Å²) in [6.45, 7) is 1.93. The van der Waals surface area contributed by atoms with E-state index < -0.39 is 0 Å². The molecule has 0 aromatic carbocycles. The summed E-state index contributed by atoms with van der Waals surface area (Å²) in [6, 6.07) is 3.81. The van der Waals surface area contributed by atoms with Gasteiger partial charge in [-0.05, 0) is 18.6 Å². The van der Waals surface area contributed by atoms with Crippen LogP contribution in [-0.2, 0) is 4.74 Å². The molecule has 0 radical (unpaired) electrons. The molecule has 0 aliphatic carbocycles. The Morgan fingerprint density at radius 3 is 3.00 bits per heavy atom. The van der Waals surface area contributed by atoms with Crippen LogP contribution in [0.5, 0.6) is 0 Å². The highest BCUT2D eigenvalue weighted by Gasteiger charge is 2.22. The highest BCUT2D eigenvalue weighted by Crippen LogP contribution is 2.20. The zero-order chi connectivity index (χ0) is 9.97. The first-order chi connectivity index (χ1) is 6.79. The Balaban J connectivity index is 2.06. The molecule has 2 rings (SSSR count). The van der Waals surface area contributed by atoms with Crippen LogP contribution in [0.25, 0.3) is 0 Å². The van der Waals surface area contributed by atoms with Crippen LogP contribution in [0.15, 0.2) is 18.3 Å². The molecule has 1 aliphatic heterocycles. The lowest BCUT2D eigenvalue weighted by atomic mass is 10.3. The van der Waals surface area contributed by atoms with Crippen molar-refractivity contribution in [2.24, 2.45) is 0 Å². The summed E-state index contributed by atoms with van der Waals surface area (Å²) in [5.41, 5.74) is 0. The lowest BCUT2D eigenvalue weighted by molar-refractivity contribution is 0.121. The van der Waals surface area contributed by atoms with Gasteiger partial charge in [0.15, 0.2) is 0 Å². The van der Waals surface area contributed by atoms with E-state index in [9.17, 15) is 0 Å². The van der Waals surface area contributed by atoms with E-state index in [0.717, 1.165) is 25.3 Å². The number of aromatic nitrogens is 1. The van der Waals surface area contributed by atoms with Gasteiger partial charge in [0.2, 0.25) is 0 Å². The van der Waals surface area contributed by atoms with Gasteiger partial charge in [0.05, 0.1) is 11.1 Å². The van der Waals surface area contributed by atoms with Crippen LogP contribution in [0.1, 0.15) is 6.42 Å². The third-order valence-electron chi connectivity index (χ3n) is 2.51. The second kappa shape index (κ2) is 4.15. The van der Waals surface area contributed by atoms with Crippen LogP contribution in [-0.4, -0.2) is 31.3 Å². The van der Waals surface area contributed by atoms with E-state index in [1.165, 1.54) is 0 Å². The highest BCUT2D eigenvalue weighted by atomic mass is 35.5. The molecule has 0 amide bonds. The monoisotopic (exact) mass is 212 g/mol. The van der Waals surface area contributed by atoms with Crippen molar-refractivity contribution < 1.29 is 4.74 Å². The minimum Gasteiger partial charge on any atom is -0.380 e. The summed E-state index contributed by atoms with van der Waals surface area (Å²) >= 11 is 5.77. The molecule has 1 aromatic heterocycles. The first kappa shape index (κ1) is 9.74. The third kappa shape index (κ3) is 1.99. The average Bonchev–Trinajstić information content (AvgIpc) is 2.67. The van der Waals surface area contributed by atoms with Crippen molar-refractivity contribution >= 4 is 17.4 Å². The molecule has 76 valence electrons. The third-order valence-corrected chi connectivity index (χ3v) is 2.74. The standard InChI is InChI=1S/C10H13ClN2O/c1-14-9-4-5-13(7-9)10-3-2-8(11)6-12-10/h2-3,6,9H,4-5,7H2,1H3. The summed E-state index contributed by atoms with van der Waals surface area (Å²) in [6.07, 6.45) is 3.09. The van der Waals surface area contributed by atoms with Gasteiger partial charge >= 0.3 is 0 Å². The van der Waals surface area contributed by atoms with Gasteiger partial charge in [-0.3, -0.25) is 0 Å². The maximum Gasteiger partial charge on any atom is 0.128 e. The summed E-state index contributed by atoms with van der Waals surface area (Å²) in [4.78, 5) is 6.48. The highest BCUT2D eigenvalue weighted by molar-refractivity contribution is 6.30. The second-order valence-corrected chi connectivity index (χ2v) is 3.86. The van der Waals surface area contributed by atoms with Crippen molar-refractivity contribution in [2.45, 2.75) is 12.5 Å². The predicted octanol–water partition coefficient (Wildman–Crippen LogP) is 1.96. The van der Waals surface area contributed by atoms with Gasteiger partial charge < -0.3 is 9.64 Å². The van der Waals surface area contributed by atoms with Crippen LogP contribution >= 0.6 is 11.6 Å². The molecule has 1 aromatic rings. The van der Waals surface area contributed by atoms with E-state index in [-0.39, 0.29) is 0 Å². The molecule has 4 heteroatoms. The quantitative estimate of drug-likeness (QED) is 0.750. The van der Waals surface area contributed by atoms with Gasteiger partial charge in [0, 0.05) is 26.4 Å². The predicted molar refractivity (Wildman–Crippen MR) is 56.9 cm³/mol. The van der Waals surface area contributed by atoms with Gasteiger partial charge in [-0.15, -0.1) is 0 Å². The molecule has 1 unspecified atom stereocenters. The van der Waals surface area contributed by atoms with Crippen molar-refractivity contribution in [3.63, 3.8) is 0 Å². The summed E-state index contributed by atoms with van der Waals surface area (Å²) in [7, 11) is 1.75. The van der Waals surface area contributed by atoms with Gasteiger partial charge in [0.25, 0.3) is 0 Å². The van der Waals surface area contributed by atoms with Crippen molar-refractivity contribution in [3.05, 3.63) is 23.4 Å². The van der Waals surface area contributed by atoms with Crippen molar-refractivity contribution in [1.82, 2.24) is 4.98 Å².